The molecule has 2 aliphatic rings. The number of benzene rings is 2. The second-order valence-electron chi connectivity index (χ2n) is 8.51. The summed E-state index contributed by atoms with van der Waals surface area (Å²) < 4.78 is 5.03. The van der Waals surface area contributed by atoms with Crippen molar-refractivity contribution in [1.29, 1.82) is 0 Å². The Balaban J connectivity index is 1.33. The van der Waals surface area contributed by atoms with Crippen LogP contribution in [0.1, 0.15) is 40.4 Å². The number of ether oxygens (including phenoxy) is 1. The molecule has 0 spiro atoms. The van der Waals surface area contributed by atoms with Gasteiger partial charge in [-0.15, -0.1) is 0 Å². The number of halogens is 1. The van der Waals surface area contributed by atoms with Gasteiger partial charge in [0.05, 0.1) is 7.11 Å². The van der Waals surface area contributed by atoms with Gasteiger partial charge in [-0.1, -0.05) is 41.9 Å². The fourth-order valence-electron chi connectivity index (χ4n) is 4.00. The molecular weight excluding hydrogens is 454 g/mol. The molecule has 2 aromatic rings. The standard InChI is InChI=1S/C26H28ClN3O4/c1-34-26(33)24(21-4-2-3-5-22(21)27)30-16-14-29(15-17-30)23(31)13-8-18-6-9-19(10-7-18)25(32)28-20-11-12-20/h2-10,13,20,24H,11-12,14-17H2,1H3,(H,28,32)/b13-8+. The molecule has 2 aromatic carbocycles. The van der Waals surface area contributed by atoms with Gasteiger partial charge in [-0.05, 0) is 48.2 Å². The maximum absolute atomic E-state index is 12.7. The van der Waals surface area contributed by atoms with Crippen molar-refractivity contribution in [1.82, 2.24) is 15.1 Å². The van der Waals surface area contributed by atoms with E-state index in [1.165, 1.54) is 7.11 Å². The van der Waals surface area contributed by atoms with Gasteiger partial charge in [0.25, 0.3) is 5.91 Å². The van der Waals surface area contributed by atoms with Gasteiger partial charge in [0, 0.05) is 48.9 Å². The van der Waals surface area contributed by atoms with E-state index in [1.807, 2.05) is 35.2 Å². The smallest absolute Gasteiger partial charge is 0.327 e. The van der Waals surface area contributed by atoms with Crippen LogP contribution in [0.25, 0.3) is 6.08 Å². The van der Waals surface area contributed by atoms with Crippen molar-refractivity contribution in [3.05, 3.63) is 76.3 Å². The van der Waals surface area contributed by atoms with Crippen LogP contribution in [0.5, 0.6) is 0 Å². The molecule has 1 saturated heterocycles. The number of hydrogen-bond acceptors (Lipinski definition) is 5. The van der Waals surface area contributed by atoms with E-state index in [0.29, 0.717) is 48.4 Å². The van der Waals surface area contributed by atoms with E-state index in [0.717, 1.165) is 18.4 Å². The van der Waals surface area contributed by atoms with Gasteiger partial charge in [-0.2, -0.15) is 0 Å². The van der Waals surface area contributed by atoms with Crippen molar-refractivity contribution in [2.75, 3.05) is 33.3 Å². The summed E-state index contributed by atoms with van der Waals surface area (Å²) in [6.45, 7) is 2.02. The lowest BCUT2D eigenvalue weighted by Crippen LogP contribution is -2.50. The van der Waals surface area contributed by atoms with E-state index < -0.39 is 6.04 Å². The molecule has 1 N–H and O–H groups in total. The van der Waals surface area contributed by atoms with Gasteiger partial charge in [-0.3, -0.25) is 14.5 Å². The molecule has 1 aliphatic carbocycles. The Morgan fingerprint density at radius 3 is 2.32 bits per heavy atom. The number of esters is 1. The zero-order valence-corrected chi connectivity index (χ0v) is 19.8. The third kappa shape index (κ3) is 5.85. The first-order valence-electron chi connectivity index (χ1n) is 11.4. The second-order valence-corrected chi connectivity index (χ2v) is 8.92. The van der Waals surface area contributed by atoms with E-state index in [4.69, 9.17) is 16.3 Å². The number of carbonyl (C=O) groups excluding carboxylic acids is 3. The lowest BCUT2D eigenvalue weighted by atomic mass is 10.0. The van der Waals surface area contributed by atoms with Crippen LogP contribution >= 0.6 is 11.6 Å². The number of carbonyl (C=O) groups is 3. The zero-order valence-electron chi connectivity index (χ0n) is 19.1. The molecule has 1 saturated carbocycles. The van der Waals surface area contributed by atoms with E-state index in [-0.39, 0.29) is 17.8 Å². The second kappa shape index (κ2) is 10.8. The topological polar surface area (TPSA) is 79.0 Å². The molecule has 2 fully saturated rings. The summed E-state index contributed by atoms with van der Waals surface area (Å²) in [6.07, 6.45) is 5.39. The molecule has 7 nitrogen and oxygen atoms in total. The number of nitrogens with zero attached hydrogens (tertiary/aromatic N) is 2. The Morgan fingerprint density at radius 1 is 1.03 bits per heavy atom. The fraction of sp³-hybridized carbons (Fsp3) is 0.346. The molecule has 2 amide bonds. The molecule has 1 atom stereocenters. The van der Waals surface area contributed by atoms with Crippen LogP contribution in [0.2, 0.25) is 5.02 Å². The van der Waals surface area contributed by atoms with E-state index >= 15 is 0 Å². The Labute approximate surface area is 204 Å². The summed E-state index contributed by atoms with van der Waals surface area (Å²) >= 11 is 6.34. The lowest BCUT2D eigenvalue weighted by molar-refractivity contribution is -0.148. The first-order valence-corrected chi connectivity index (χ1v) is 11.8. The SMILES string of the molecule is COC(=O)C(c1ccccc1Cl)N1CCN(C(=O)/C=C/c2ccc(C(=O)NC3CC3)cc2)CC1. The van der Waals surface area contributed by atoms with Gasteiger partial charge in [0.1, 0.15) is 6.04 Å². The van der Waals surface area contributed by atoms with Gasteiger partial charge in [0.2, 0.25) is 5.91 Å². The molecule has 0 aromatic heterocycles. The number of nitrogens with one attached hydrogen (secondary N) is 1. The summed E-state index contributed by atoms with van der Waals surface area (Å²) in [4.78, 5) is 41.1. The highest BCUT2D eigenvalue weighted by Gasteiger charge is 2.33. The maximum atomic E-state index is 12.7. The summed E-state index contributed by atoms with van der Waals surface area (Å²) in [5.41, 5.74) is 2.16. The quantitative estimate of drug-likeness (QED) is 0.485. The third-order valence-corrected chi connectivity index (χ3v) is 6.46. The van der Waals surface area contributed by atoms with Crippen molar-refractivity contribution in [3.63, 3.8) is 0 Å². The molecule has 178 valence electrons. The first-order chi connectivity index (χ1) is 16.5. The van der Waals surface area contributed by atoms with E-state index in [1.54, 1.807) is 35.3 Å². The third-order valence-electron chi connectivity index (χ3n) is 6.12. The van der Waals surface area contributed by atoms with Crippen LogP contribution in [-0.4, -0.2) is 66.9 Å². The largest absolute Gasteiger partial charge is 0.468 e. The molecule has 34 heavy (non-hydrogen) atoms. The minimum atomic E-state index is -0.609. The highest BCUT2D eigenvalue weighted by atomic mass is 35.5. The van der Waals surface area contributed by atoms with Gasteiger partial charge in [-0.25, -0.2) is 4.79 Å². The Kier molecular flexibility index (Phi) is 7.65. The van der Waals surface area contributed by atoms with Crippen LogP contribution in [0.15, 0.2) is 54.6 Å². The maximum Gasteiger partial charge on any atom is 0.327 e. The number of methoxy groups -OCH3 is 1. The average Bonchev–Trinajstić information content (AvgIpc) is 3.68. The molecular formula is C26H28ClN3O4. The number of hydrogen-bond donors (Lipinski definition) is 1. The Bertz CT molecular complexity index is 1070. The molecule has 0 bridgehead atoms. The van der Waals surface area contributed by atoms with Crippen molar-refractivity contribution >= 4 is 35.5 Å². The normalized spacial score (nSPS) is 17.4. The lowest BCUT2D eigenvalue weighted by Gasteiger charge is -2.38. The monoisotopic (exact) mass is 481 g/mol. The average molecular weight is 482 g/mol. The summed E-state index contributed by atoms with van der Waals surface area (Å²) in [7, 11) is 1.36. The number of piperazine rings is 1. The van der Waals surface area contributed by atoms with E-state index in [9.17, 15) is 14.4 Å². The van der Waals surface area contributed by atoms with Gasteiger partial charge in [0.15, 0.2) is 0 Å². The zero-order chi connectivity index (χ0) is 24.1. The molecule has 1 unspecified atom stereocenters. The first kappa shape index (κ1) is 24.0. The molecule has 8 heteroatoms. The molecule has 1 heterocycles. The van der Waals surface area contributed by atoms with Crippen molar-refractivity contribution in [3.8, 4) is 0 Å². The summed E-state index contributed by atoms with van der Waals surface area (Å²) in [5, 5.41) is 3.47. The Hall–Kier alpha value is -3.16. The minimum absolute atomic E-state index is 0.0611. The van der Waals surface area contributed by atoms with Crippen LogP contribution < -0.4 is 5.32 Å². The predicted octanol–water partition coefficient (Wildman–Crippen LogP) is 3.30. The van der Waals surface area contributed by atoms with Gasteiger partial charge < -0.3 is 15.0 Å². The predicted molar refractivity (Wildman–Crippen MR) is 130 cm³/mol. The molecule has 4 rings (SSSR count). The molecule has 0 radical (unpaired) electrons. The van der Waals surface area contributed by atoms with Crippen molar-refractivity contribution in [2.24, 2.45) is 0 Å². The minimum Gasteiger partial charge on any atom is -0.468 e. The van der Waals surface area contributed by atoms with Crippen LogP contribution in [0, 0.1) is 0 Å². The summed E-state index contributed by atoms with van der Waals surface area (Å²) in [5.74, 6) is -0.529. The van der Waals surface area contributed by atoms with Crippen LogP contribution in [0.4, 0.5) is 0 Å². The summed E-state index contributed by atoms with van der Waals surface area (Å²) in [6, 6.07) is 14.1. The van der Waals surface area contributed by atoms with Crippen LogP contribution in [-0.2, 0) is 14.3 Å². The number of amides is 2. The highest BCUT2D eigenvalue weighted by molar-refractivity contribution is 6.31. The highest BCUT2D eigenvalue weighted by Crippen LogP contribution is 2.29. The van der Waals surface area contributed by atoms with Gasteiger partial charge >= 0.3 is 5.97 Å². The molecule has 1 aliphatic heterocycles. The fourth-order valence-corrected chi connectivity index (χ4v) is 4.24. The van der Waals surface area contributed by atoms with Crippen molar-refractivity contribution in [2.45, 2.75) is 24.9 Å². The number of rotatable bonds is 7. The van der Waals surface area contributed by atoms with Crippen molar-refractivity contribution < 1.29 is 19.1 Å². The Morgan fingerprint density at radius 2 is 1.71 bits per heavy atom. The van der Waals surface area contributed by atoms with E-state index in [2.05, 4.69) is 5.32 Å². The van der Waals surface area contributed by atoms with Crippen LogP contribution in [0.3, 0.4) is 0 Å².